The molecule has 184 valence electrons. The zero-order chi connectivity index (χ0) is 26.0. The molecule has 1 aromatic heterocycles. The summed E-state index contributed by atoms with van der Waals surface area (Å²) in [7, 11) is 0. The molecule has 36 heavy (non-hydrogen) atoms. The van der Waals surface area contributed by atoms with Crippen molar-refractivity contribution in [3.63, 3.8) is 0 Å². The van der Waals surface area contributed by atoms with Gasteiger partial charge in [-0.2, -0.15) is 0 Å². The normalized spacial score (nSPS) is 14.9. The van der Waals surface area contributed by atoms with Gasteiger partial charge in [-0.25, -0.2) is 4.79 Å². The Bertz CT molecular complexity index is 1400. The molecular formula is C28H27N3O4S. The predicted molar refractivity (Wildman–Crippen MR) is 143 cm³/mol. The number of nitrogens with one attached hydrogen (secondary N) is 1. The summed E-state index contributed by atoms with van der Waals surface area (Å²) >= 11 is 5.33. The van der Waals surface area contributed by atoms with Crippen LogP contribution in [0.2, 0.25) is 0 Å². The van der Waals surface area contributed by atoms with E-state index in [-0.39, 0.29) is 16.2 Å². The smallest absolute Gasteiger partial charge is 0.335 e. The first-order chi connectivity index (χ1) is 17.2. The number of carbonyl (C=O) groups is 3. The molecule has 1 aliphatic rings. The third-order valence-electron chi connectivity index (χ3n) is 6.24. The third-order valence-corrected chi connectivity index (χ3v) is 6.52. The Morgan fingerprint density at radius 1 is 1.06 bits per heavy atom. The van der Waals surface area contributed by atoms with Crippen molar-refractivity contribution >= 4 is 46.9 Å². The number of anilines is 1. The number of carboxylic acid groups (broad SMARTS) is 1. The molecule has 0 radical (unpaired) electrons. The summed E-state index contributed by atoms with van der Waals surface area (Å²) in [4.78, 5) is 39.0. The number of carboxylic acids is 1. The maximum atomic E-state index is 13.4. The van der Waals surface area contributed by atoms with Crippen molar-refractivity contribution in [3.8, 4) is 5.69 Å². The fourth-order valence-corrected chi connectivity index (χ4v) is 4.63. The van der Waals surface area contributed by atoms with Gasteiger partial charge < -0.3 is 9.67 Å². The molecule has 1 saturated heterocycles. The van der Waals surface area contributed by atoms with Gasteiger partial charge in [-0.1, -0.05) is 31.5 Å². The van der Waals surface area contributed by atoms with E-state index in [0.717, 1.165) is 30.7 Å². The molecule has 0 spiro atoms. The van der Waals surface area contributed by atoms with Gasteiger partial charge in [0.2, 0.25) is 0 Å². The van der Waals surface area contributed by atoms with Crippen LogP contribution in [0, 0.1) is 13.8 Å². The molecule has 1 aliphatic heterocycles. The first-order valence-electron chi connectivity index (χ1n) is 11.7. The van der Waals surface area contributed by atoms with Crippen LogP contribution in [0.4, 0.5) is 5.69 Å². The standard InChI is InChI=1S/C28H27N3O4S/c1-4-5-7-19-10-12-22(13-11-19)31-26(33)24(25(32)29-28(31)36)16-21-14-17(2)30(18(21)3)23-9-6-8-20(15-23)27(34)35/h6,8-16H,4-5,7H2,1-3H3,(H,34,35)(H,29,32,36)/b24-16-. The zero-order valence-corrected chi connectivity index (χ0v) is 21.2. The first kappa shape index (κ1) is 25.1. The summed E-state index contributed by atoms with van der Waals surface area (Å²) in [6, 6.07) is 16.1. The Labute approximate surface area is 215 Å². The van der Waals surface area contributed by atoms with E-state index in [1.54, 1.807) is 18.2 Å². The van der Waals surface area contributed by atoms with Crippen molar-refractivity contribution in [3.05, 3.63) is 88.2 Å². The van der Waals surface area contributed by atoms with E-state index in [2.05, 4.69) is 12.2 Å². The van der Waals surface area contributed by atoms with E-state index in [1.807, 2.05) is 54.8 Å². The molecule has 2 aromatic carbocycles. The van der Waals surface area contributed by atoms with Crippen LogP contribution in [0.1, 0.15) is 52.6 Å². The molecule has 2 heterocycles. The van der Waals surface area contributed by atoms with E-state index in [1.165, 1.54) is 16.5 Å². The number of amides is 2. The van der Waals surface area contributed by atoms with Crippen LogP contribution >= 0.6 is 12.2 Å². The zero-order valence-electron chi connectivity index (χ0n) is 20.4. The molecule has 0 atom stereocenters. The number of carbonyl (C=O) groups excluding carboxylic acids is 2. The van der Waals surface area contributed by atoms with E-state index >= 15 is 0 Å². The molecule has 1 fully saturated rings. The van der Waals surface area contributed by atoms with Crippen molar-refractivity contribution in [2.45, 2.75) is 40.0 Å². The lowest BCUT2D eigenvalue weighted by molar-refractivity contribution is -0.122. The van der Waals surface area contributed by atoms with Crippen molar-refractivity contribution < 1.29 is 19.5 Å². The number of nitrogens with zero attached hydrogens (tertiary/aromatic N) is 2. The quantitative estimate of drug-likeness (QED) is 0.271. The average molecular weight is 502 g/mol. The lowest BCUT2D eigenvalue weighted by Crippen LogP contribution is -2.54. The maximum absolute atomic E-state index is 13.4. The van der Waals surface area contributed by atoms with E-state index in [9.17, 15) is 19.5 Å². The number of benzene rings is 2. The van der Waals surface area contributed by atoms with Gasteiger partial charge in [0, 0.05) is 17.1 Å². The fourth-order valence-electron chi connectivity index (χ4n) is 4.35. The molecule has 0 aliphatic carbocycles. The van der Waals surface area contributed by atoms with Gasteiger partial charge >= 0.3 is 5.97 Å². The summed E-state index contributed by atoms with van der Waals surface area (Å²) in [5.41, 5.74) is 4.87. The van der Waals surface area contributed by atoms with E-state index in [4.69, 9.17) is 12.2 Å². The molecule has 2 N–H and O–H groups in total. The lowest BCUT2D eigenvalue weighted by atomic mass is 10.1. The molecule has 2 amide bonds. The summed E-state index contributed by atoms with van der Waals surface area (Å²) < 4.78 is 1.89. The van der Waals surface area contributed by atoms with Gasteiger partial charge in [0.1, 0.15) is 5.57 Å². The number of hydrogen-bond acceptors (Lipinski definition) is 4. The van der Waals surface area contributed by atoms with Gasteiger partial charge in [0.25, 0.3) is 11.8 Å². The van der Waals surface area contributed by atoms with Crippen LogP contribution in [0.5, 0.6) is 0 Å². The number of aryl methyl sites for hydroxylation is 2. The van der Waals surface area contributed by atoms with E-state index < -0.39 is 17.8 Å². The van der Waals surface area contributed by atoms with Crippen LogP contribution in [-0.4, -0.2) is 32.6 Å². The Kier molecular flexibility index (Phi) is 7.17. The highest BCUT2D eigenvalue weighted by molar-refractivity contribution is 7.80. The third kappa shape index (κ3) is 4.85. The Balaban J connectivity index is 1.69. The second kappa shape index (κ2) is 10.3. The van der Waals surface area contributed by atoms with Crippen molar-refractivity contribution in [2.24, 2.45) is 0 Å². The number of thiocarbonyl (C=S) groups is 1. The summed E-state index contributed by atoms with van der Waals surface area (Å²) in [5.74, 6) is -2.07. The molecule has 0 saturated carbocycles. The monoisotopic (exact) mass is 501 g/mol. The maximum Gasteiger partial charge on any atom is 0.335 e. The fraction of sp³-hybridized carbons (Fsp3) is 0.214. The number of hydrogen-bond donors (Lipinski definition) is 2. The van der Waals surface area contributed by atoms with Gasteiger partial charge in [-0.05, 0) is 92.5 Å². The molecule has 3 aromatic rings. The van der Waals surface area contributed by atoms with Crippen LogP contribution in [0.25, 0.3) is 11.8 Å². The number of unbranched alkanes of at least 4 members (excludes halogenated alkanes) is 1. The van der Waals surface area contributed by atoms with Gasteiger partial charge in [-0.3, -0.25) is 19.8 Å². The first-order valence-corrected chi connectivity index (χ1v) is 12.1. The highest BCUT2D eigenvalue weighted by Crippen LogP contribution is 2.27. The Morgan fingerprint density at radius 2 is 1.78 bits per heavy atom. The van der Waals surface area contributed by atoms with Crippen LogP contribution in [0.3, 0.4) is 0 Å². The molecule has 7 nitrogen and oxygen atoms in total. The number of aromatic nitrogens is 1. The highest BCUT2D eigenvalue weighted by Gasteiger charge is 2.34. The molecule has 4 rings (SSSR count). The number of aromatic carboxylic acids is 1. The largest absolute Gasteiger partial charge is 0.478 e. The van der Waals surface area contributed by atoms with Gasteiger partial charge in [0.05, 0.1) is 11.3 Å². The van der Waals surface area contributed by atoms with Gasteiger partial charge in [0.15, 0.2) is 5.11 Å². The highest BCUT2D eigenvalue weighted by atomic mass is 32.1. The second-order valence-electron chi connectivity index (χ2n) is 8.75. The van der Waals surface area contributed by atoms with Crippen molar-refractivity contribution in [2.75, 3.05) is 4.90 Å². The minimum Gasteiger partial charge on any atom is -0.478 e. The minimum atomic E-state index is -1.01. The topological polar surface area (TPSA) is 91.6 Å². The van der Waals surface area contributed by atoms with Crippen molar-refractivity contribution in [1.29, 1.82) is 0 Å². The minimum absolute atomic E-state index is 0.0294. The van der Waals surface area contributed by atoms with Crippen molar-refractivity contribution in [1.82, 2.24) is 9.88 Å². The summed E-state index contributed by atoms with van der Waals surface area (Å²) in [6.45, 7) is 5.88. The van der Waals surface area contributed by atoms with E-state index in [0.29, 0.717) is 16.9 Å². The average Bonchev–Trinajstić information content (AvgIpc) is 3.13. The second-order valence-corrected chi connectivity index (χ2v) is 9.13. The lowest BCUT2D eigenvalue weighted by Gasteiger charge is -2.29. The summed E-state index contributed by atoms with van der Waals surface area (Å²) in [6.07, 6.45) is 4.70. The predicted octanol–water partition coefficient (Wildman–Crippen LogP) is 4.97. The molecule has 0 bridgehead atoms. The van der Waals surface area contributed by atoms with Gasteiger partial charge in [-0.15, -0.1) is 0 Å². The Morgan fingerprint density at radius 3 is 2.44 bits per heavy atom. The Hall–Kier alpha value is -4.04. The molecule has 8 heteroatoms. The SMILES string of the molecule is CCCCc1ccc(N2C(=O)/C(=C\c3cc(C)n(-c4cccc(C(=O)O)c4)c3C)C(=O)NC2=S)cc1. The van der Waals surface area contributed by atoms with Crippen LogP contribution in [0.15, 0.2) is 60.2 Å². The van der Waals surface area contributed by atoms with Crippen LogP contribution < -0.4 is 10.2 Å². The van der Waals surface area contributed by atoms with Crippen LogP contribution in [-0.2, 0) is 16.0 Å². The summed E-state index contributed by atoms with van der Waals surface area (Å²) in [5, 5.41) is 12.0. The molecule has 0 unspecified atom stereocenters. The number of rotatable bonds is 7. The molecular weight excluding hydrogens is 474 g/mol.